The lowest BCUT2D eigenvalue weighted by molar-refractivity contribution is -0.137. The van der Waals surface area contributed by atoms with Gasteiger partial charge in [-0.05, 0) is 31.4 Å². The highest BCUT2D eigenvalue weighted by atomic mass is 16.2. The van der Waals surface area contributed by atoms with E-state index in [9.17, 15) is 9.59 Å². The van der Waals surface area contributed by atoms with Gasteiger partial charge in [0.2, 0.25) is 11.8 Å². The fourth-order valence-electron chi connectivity index (χ4n) is 2.62. The summed E-state index contributed by atoms with van der Waals surface area (Å²) in [7, 11) is 0. The molecule has 0 bridgehead atoms. The summed E-state index contributed by atoms with van der Waals surface area (Å²) in [6.45, 7) is 5.72. The van der Waals surface area contributed by atoms with E-state index < -0.39 is 0 Å². The van der Waals surface area contributed by atoms with Crippen LogP contribution in [0.5, 0.6) is 0 Å². The van der Waals surface area contributed by atoms with Crippen LogP contribution in [0, 0.1) is 0 Å². The third-order valence-electron chi connectivity index (χ3n) is 3.78. The third kappa shape index (κ3) is 3.82. The first-order valence-corrected chi connectivity index (χ1v) is 7.51. The van der Waals surface area contributed by atoms with Crippen LogP contribution < -0.4 is 10.6 Å². The SMILES string of the molecule is CCNC(=O)CN(CC)C(=O)[C@@H]1Cc2ccccc2CN1. The van der Waals surface area contributed by atoms with Gasteiger partial charge in [0.05, 0.1) is 12.6 Å². The van der Waals surface area contributed by atoms with E-state index in [4.69, 9.17) is 0 Å². The molecule has 0 radical (unpaired) electrons. The minimum absolute atomic E-state index is 0.00161. The molecule has 2 N–H and O–H groups in total. The van der Waals surface area contributed by atoms with Crippen LogP contribution in [-0.4, -0.2) is 42.4 Å². The lowest BCUT2D eigenvalue weighted by Crippen LogP contribution is -2.51. The maximum Gasteiger partial charge on any atom is 0.240 e. The van der Waals surface area contributed by atoms with Crippen LogP contribution in [0.15, 0.2) is 24.3 Å². The van der Waals surface area contributed by atoms with Gasteiger partial charge in [0.25, 0.3) is 0 Å². The van der Waals surface area contributed by atoms with Crippen molar-refractivity contribution in [3.8, 4) is 0 Å². The molecule has 2 rings (SSSR count). The molecule has 1 aliphatic rings. The Hall–Kier alpha value is -1.88. The molecule has 0 aliphatic carbocycles. The number of rotatable bonds is 5. The van der Waals surface area contributed by atoms with Crippen molar-refractivity contribution in [3.63, 3.8) is 0 Å². The lowest BCUT2D eigenvalue weighted by Gasteiger charge is -2.30. The topological polar surface area (TPSA) is 61.4 Å². The van der Waals surface area contributed by atoms with Crippen LogP contribution in [0.3, 0.4) is 0 Å². The fourth-order valence-corrected chi connectivity index (χ4v) is 2.62. The Morgan fingerprint density at radius 3 is 2.67 bits per heavy atom. The highest BCUT2D eigenvalue weighted by molar-refractivity contribution is 5.87. The van der Waals surface area contributed by atoms with Gasteiger partial charge in [-0.2, -0.15) is 0 Å². The molecule has 114 valence electrons. The molecule has 0 saturated heterocycles. The van der Waals surface area contributed by atoms with Crippen LogP contribution in [0.2, 0.25) is 0 Å². The van der Waals surface area contributed by atoms with Crippen molar-refractivity contribution in [2.75, 3.05) is 19.6 Å². The number of carbonyl (C=O) groups excluding carboxylic acids is 2. The van der Waals surface area contributed by atoms with E-state index in [0.29, 0.717) is 26.1 Å². The number of hydrogen-bond acceptors (Lipinski definition) is 3. The summed E-state index contributed by atoms with van der Waals surface area (Å²) in [5.74, 6) is -0.109. The molecule has 0 fully saturated rings. The molecule has 0 aromatic heterocycles. The molecular formula is C16H23N3O2. The first kappa shape index (κ1) is 15.5. The van der Waals surface area contributed by atoms with Gasteiger partial charge in [-0.3, -0.25) is 9.59 Å². The van der Waals surface area contributed by atoms with Crippen molar-refractivity contribution in [2.24, 2.45) is 0 Å². The average Bonchev–Trinajstić information content (AvgIpc) is 2.51. The number of nitrogens with zero attached hydrogens (tertiary/aromatic N) is 1. The Morgan fingerprint density at radius 1 is 1.29 bits per heavy atom. The molecule has 1 heterocycles. The van der Waals surface area contributed by atoms with Crippen molar-refractivity contribution in [1.29, 1.82) is 0 Å². The summed E-state index contributed by atoms with van der Waals surface area (Å²) in [6, 6.07) is 7.91. The summed E-state index contributed by atoms with van der Waals surface area (Å²) in [6.07, 6.45) is 0.681. The number of amides is 2. The van der Waals surface area contributed by atoms with Crippen LogP contribution in [-0.2, 0) is 22.6 Å². The fraction of sp³-hybridized carbons (Fsp3) is 0.500. The number of fused-ring (bicyclic) bond motifs is 1. The standard InChI is InChI=1S/C16H23N3O2/c1-3-17-15(20)11-19(4-2)16(21)14-9-12-7-5-6-8-13(12)10-18-14/h5-8,14,18H,3-4,9-11H2,1-2H3,(H,17,20)/t14-/m0/s1. The summed E-state index contributed by atoms with van der Waals surface area (Å²) in [5.41, 5.74) is 2.46. The van der Waals surface area contributed by atoms with Gasteiger partial charge in [-0.25, -0.2) is 0 Å². The molecule has 0 saturated carbocycles. The van der Waals surface area contributed by atoms with Gasteiger partial charge < -0.3 is 15.5 Å². The maximum atomic E-state index is 12.6. The summed E-state index contributed by atoms with van der Waals surface area (Å²) < 4.78 is 0. The van der Waals surface area contributed by atoms with E-state index in [2.05, 4.69) is 22.8 Å². The van der Waals surface area contributed by atoms with Crippen molar-refractivity contribution < 1.29 is 9.59 Å². The zero-order chi connectivity index (χ0) is 15.2. The second-order valence-electron chi connectivity index (χ2n) is 5.21. The molecule has 5 nitrogen and oxygen atoms in total. The van der Waals surface area contributed by atoms with Crippen LogP contribution >= 0.6 is 0 Å². The lowest BCUT2D eigenvalue weighted by atomic mass is 9.95. The van der Waals surface area contributed by atoms with Crippen LogP contribution in [0.25, 0.3) is 0 Å². The highest BCUT2D eigenvalue weighted by Crippen LogP contribution is 2.17. The average molecular weight is 289 g/mol. The number of benzene rings is 1. The molecule has 2 amide bonds. The zero-order valence-electron chi connectivity index (χ0n) is 12.7. The van der Waals surface area contributed by atoms with E-state index in [1.807, 2.05) is 26.0 Å². The van der Waals surface area contributed by atoms with Gasteiger partial charge in [-0.15, -0.1) is 0 Å². The number of nitrogens with one attached hydrogen (secondary N) is 2. The Morgan fingerprint density at radius 2 is 2.00 bits per heavy atom. The van der Waals surface area contributed by atoms with E-state index in [1.165, 1.54) is 11.1 Å². The largest absolute Gasteiger partial charge is 0.355 e. The Labute approximate surface area is 125 Å². The van der Waals surface area contributed by atoms with Crippen molar-refractivity contribution in [2.45, 2.75) is 32.9 Å². The molecule has 21 heavy (non-hydrogen) atoms. The number of hydrogen-bond donors (Lipinski definition) is 2. The van der Waals surface area contributed by atoms with Gasteiger partial charge in [0, 0.05) is 19.6 Å². The van der Waals surface area contributed by atoms with E-state index in [0.717, 1.165) is 0 Å². The van der Waals surface area contributed by atoms with Gasteiger partial charge in [0.15, 0.2) is 0 Å². The molecule has 1 aliphatic heterocycles. The second-order valence-corrected chi connectivity index (χ2v) is 5.21. The quantitative estimate of drug-likeness (QED) is 0.838. The Balaban J connectivity index is 2.01. The van der Waals surface area contributed by atoms with Crippen LogP contribution in [0.4, 0.5) is 0 Å². The minimum atomic E-state index is -0.241. The van der Waals surface area contributed by atoms with Gasteiger partial charge in [-0.1, -0.05) is 24.3 Å². The molecule has 1 aromatic carbocycles. The number of carbonyl (C=O) groups is 2. The molecule has 0 spiro atoms. The Bertz CT molecular complexity index is 516. The summed E-state index contributed by atoms with van der Waals surface area (Å²) in [5, 5.41) is 6.00. The molecule has 1 aromatic rings. The van der Waals surface area contributed by atoms with E-state index in [1.54, 1.807) is 4.90 Å². The van der Waals surface area contributed by atoms with E-state index in [-0.39, 0.29) is 24.4 Å². The molecular weight excluding hydrogens is 266 g/mol. The third-order valence-corrected chi connectivity index (χ3v) is 3.78. The van der Waals surface area contributed by atoms with Crippen molar-refractivity contribution in [3.05, 3.63) is 35.4 Å². The number of likely N-dealkylation sites (N-methyl/N-ethyl adjacent to an activating group) is 2. The predicted octanol–water partition coefficient (Wildman–Crippen LogP) is 0.686. The van der Waals surface area contributed by atoms with Crippen LogP contribution in [0.1, 0.15) is 25.0 Å². The highest BCUT2D eigenvalue weighted by Gasteiger charge is 2.28. The zero-order valence-corrected chi connectivity index (χ0v) is 12.7. The second kappa shape index (κ2) is 7.22. The normalized spacial score (nSPS) is 17.0. The molecule has 1 atom stereocenters. The summed E-state index contributed by atoms with van der Waals surface area (Å²) >= 11 is 0. The maximum absolute atomic E-state index is 12.6. The van der Waals surface area contributed by atoms with Gasteiger partial charge >= 0.3 is 0 Å². The Kier molecular flexibility index (Phi) is 5.33. The summed E-state index contributed by atoms with van der Waals surface area (Å²) in [4.78, 5) is 25.8. The molecule has 0 unspecified atom stereocenters. The predicted molar refractivity (Wildman–Crippen MR) is 81.7 cm³/mol. The first-order valence-electron chi connectivity index (χ1n) is 7.51. The van der Waals surface area contributed by atoms with Gasteiger partial charge in [0.1, 0.15) is 0 Å². The van der Waals surface area contributed by atoms with E-state index >= 15 is 0 Å². The van der Waals surface area contributed by atoms with Crippen molar-refractivity contribution in [1.82, 2.24) is 15.5 Å². The minimum Gasteiger partial charge on any atom is -0.355 e. The smallest absolute Gasteiger partial charge is 0.240 e. The first-order chi connectivity index (χ1) is 10.2. The van der Waals surface area contributed by atoms with Crippen molar-refractivity contribution >= 4 is 11.8 Å². The monoisotopic (exact) mass is 289 g/mol. The molecule has 5 heteroatoms.